The van der Waals surface area contributed by atoms with Crippen LogP contribution < -0.4 is 10.1 Å². The fourth-order valence-electron chi connectivity index (χ4n) is 4.15. The van der Waals surface area contributed by atoms with E-state index >= 15 is 0 Å². The molecule has 4 rings (SSSR count). The third-order valence-electron chi connectivity index (χ3n) is 5.89. The molecule has 0 radical (unpaired) electrons. The molecule has 1 amide bonds. The van der Waals surface area contributed by atoms with Crippen LogP contribution in [0.25, 0.3) is 38.4 Å². The highest BCUT2D eigenvalue weighted by Gasteiger charge is 2.15. The molecule has 176 valence electrons. The Morgan fingerprint density at radius 2 is 1.88 bits per heavy atom. The molecule has 1 heterocycles. The summed E-state index contributed by atoms with van der Waals surface area (Å²) < 4.78 is 11.8. The molecule has 0 saturated carbocycles. The Balaban J connectivity index is 1.68. The molecule has 0 unspecified atom stereocenters. The summed E-state index contributed by atoms with van der Waals surface area (Å²) in [6.45, 7) is 6.00. The predicted octanol–water partition coefficient (Wildman–Crippen LogP) is 6.12. The smallest absolute Gasteiger partial charge is 0.244 e. The Morgan fingerprint density at radius 3 is 2.65 bits per heavy atom. The highest BCUT2D eigenvalue weighted by molar-refractivity contribution is 6.01. The summed E-state index contributed by atoms with van der Waals surface area (Å²) in [5, 5.41) is 6.35. The monoisotopic (exact) mass is 456 g/mol. The number of allylic oxidation sites excluding steroid dienone is 1. The summed E-state index contributed by atoms with van der Waals surface area (Å²) in [5.41, 5.74) is 4.61. The first-order chi connectivity index (χ1) is 16.5. The highest BCUT2D eigenvalue weighted by Crippen LogP contribution is 2.38. The molecule has 34 heavy (non-hydrogen) atoms. The molecule has 0 spiro atoms. The summed E-state index contributed by atoms with van der Waals surface area (Å²) in [6.07, 6.45) is 4.35. The van der Waals surface area contributed by atoms with Crippen molar-refractivity contribution in [2.24, 2.45) is 0 Å². The molecule has 0 saturated heterocycles. The maximum Gasteiger partial charge on any atom is 0.244 e. The maximum atomic E-state index is 12.5. The number of nitrogens with one attached hydrogen (secondary N) is 1. The molecular weight excluding hydrogens is 424 g/mol. The van der Waals surface area contributed by atoms with Crippen molar-refractivity contribution in [2.45, 2.75) is 20.3 Å². The number of amides is 1. The number of furan rings is 1. The Kier molecular flexibility index (Phi) is 7.33. The van der Waals surface area contributed by atoms with Crippen LogP contribution in [0.15, 0.2) is 71.4 Å². The second-order valence-corrected chi connectivity index (χ2v) is 8.76. The molecule has 1 aromatic heterocycles. The average Bonchev–Trinajstić information content (AvgIpc) is 3.24. The van der Waals surface area contributed by atoms with Gasteiger partial charge in [-0.05, 0) is 75.0 Å². The van der Waals surface area contributed by atoms with Gasteiger partial charge in [0.2, 0.25) is 5.91 Å². The van der Waals surface area contributed by atoms with E-state index in [1.54, 1.807) is 12.3 Å². The van der Waals surface area contributed by atoms with E-state index in [1.807, 2.05) is 46.1 Å². The van der Waals surface area contributed by atoms with E-state index in [0.29, 0.717) is 18.9 Å². The Hall–Kier alpha value is -3.57. The molecule has 0 aliphatic rings. The SMILES string of the molecule is CCOc1cc2occ(-c3ccc4ccccc4c3)c2cc1/C(C)=C/C(=O)NCCCN(C)C. The van der Waals surface area contributed by atoms with Gasteiger partial charge in [-0.2, -0.15) is 0 Å². The van der Waals surface area contributed by atoms with Gasteiger partial charge in [0, 0.05) is 35.2 Å². The van der Waals surface area contributed by atoms with Crippen molar-refractivity contribution in [1.82, 2.24) is 10.2 Å². The zero-order valence-corrected chi connectivity index (χ0v) is 20.4. The second kappa shape index (κ2) is 10.6. The van der Waals surface area contributed by atoms with Crippen LogP contribution in [-0.2, 0) is 4.79 Å². The lowest BCUT2D eigenvalue weighted by molar-refractivity contribution is -0.116. The zero-order chi connectivity index (χ0) is 24.1. The van der Waals surface area contributed by atoms with Gasteiger partial charge in [-0.15, -0.1) is 0 Å². The van der Waals surface area contributed by atoms with Crippen LogP contribution in [0.5, 0.6) is 5.75 Å². The molecule has 0 aliphatic carbocycles. The van der Waals surface area contributed by atoms with Gasteiger partial charge >= 0.3 is 0 Å². The maximum absolute atomic E-state index is 12.5. The van der Waals surface area contributed by atoms with Crippen LogP contribution in [0.4, 0.5) is 0 Å². The molecule has 3 aromatic carbocycles. The van der Waals surface area contributed by atoms with Crippen LogP contribution in [0, 0.1) is 0 Å². The molecule has 0 aliphatic heterocycles. The second-order valence-electron chi connectivity index (χ2n) is 8.76. The average molecular weight is 457 g/mol. The molecule has 5 heteroatoms. The van der Waals surface area contributed by atoms with E-state index < -0.39 is 0 Å². The summed E-state index contributed by atoms with van der Waals surface area (Å²) in [7, 11) is 4.05. The zero-order valence-electron chi connectivity index (χ0n) is 20.4. The number of benzene rings is 3. The summed E-state index contributed by atoms with van der Waals surface area (Å²) in [6, 6.07) is 18.7. The van der Waals surface area contributed by atoms with Gasteiger partial charge in [-0.25, -0.2) is 0 Å². The minimum atomic E-state index is -0.0965. The lowest BCUT2D eigenvalue weighted by Crippen LogP contribution is -2.25. The number of hydrogen-bond acceptors (Lipinski definition) is 4. The van der Waals surface area contributed by atoms with Gasteiger partial charge < -0.3 is 19.4 Å². The standard InChI is InChI=1S/C29H32N2O3/c1-5-33-27-18-28-25(17-24(27)20(2)15-29(32)30-13-8-14-31(3)4)26(19-34-28)23-12-11-21-9-6-7-10-22(21)16-23/h6-7,9-12,15-19H,5,8,13-14H2,1-4H3,(H,30,32)/b20-15+. The number of fused-ring (bicyclic) bond motifs is 2. The minimum Gasteiger partial charge on any atom is -0.493 e. The van der Waals surface area contributed by atoms with Crippen LogP contribution in [0.2, 0.25) is 0 Å². The molecule has 0 fully saturated rings. The normalized spacial score (nSPS) is 12.0. The summed E-state index contributed by atoms with van der Waals surface area (Å²) >= 11 is 0. The fraction of sp³-hybridized carbons (Fsp3) is 0.276. The lowest BCUT2D eigenvalue weighted by Gasteiger charge is -2.12. The van der Waals surface area contributed by atoms with Crippen molar-refractivity contribution in [3.8, 4) is 16.9 Å². The molecule has 0 atom stereocenters. The van der Waals surface area contributed by atoms with Crippen molar-refractivity contribution in [2.75, 3.05) is 33.8 Å². The third kappa shape index (κ3) is 5.32. The summed E-state index contributed by atoms with van der Waals surface area (Å²) in [4.78, 5) is 14.6. The minimum absolute atomic E-state index is 0.0965. The number of nitrogens with zero attached hydrogens (tertiary/aromatic N) is 1. The van der Waals surface area contributed by atoms with E-state index in [0.717, 1.165) is 46.2 Å². The fourth-order valence-corrected chi connectivity index (χ4v) is 4.15. The quantitative estimate of drug-likeness (QED) is 0.243. The first-order valence-corrected chi connectivity index (χ1v) is 11.7. The largest absolute Gasteiger partial charge is 0.493 e. The molecule has 1 N–H and O–H groups in total. The number of rotatable bonds is 9. The molecule has 0 bridgehead atoms. The van der Waals surface area contributed by atoms with Crippen molar-refractivity contribution in [3.05, 3.63) is 72.5 Å². The molecule has 5 nitrogen and oxygen atoms in total. The third-order valence-corrected chi connectivity index (χ3v) is 5.89. The van der Waals surface area contributed by atoms with Crippen molar-refractivity contribution in [1.29, 1.82) is 0 Å². The van der Waals surface area contributed by atoms with Crippen LogP contribution in [0.1, 0.15) is 25.8 Å². The predicted molar refractivity (Wildman–Crippen MR) is 140 cm³/mol. The van der Waals surface area contributed by atoms with Gasteiger partial charge in [-0.1, -0.05) is 36.4 Å². The number of carbonyl (C=O) groups is 1. The van der Waals surface area contributed by atoms with Gasteiger partial charge in [0.1, 0.15) is 11.3 Å². The van der Waals surface area contributed by atoms with Crippen molar-refractivity contribution < 1.29 is 13.9 Å². The first kappa shape index (κ1) is 23.6. The van der Waals surface area contributed by atoms with Gasteiger partial charge in [-0.3, -0.25) is 4.79 Å². The number of hydrogen-bond donors (Lipinski definition) is 1. The molecule has 4 aromatic rings. The van der Waals surface area contributed by atoms with Gasteiger partial charge in [0.25, 0.3) is 0 Å². The van der Waals surface area contributed by atoms with Crippen molar-refractivity contribution in [3.63, 3.8) is 0 Å². The van der Waals surface area contributed by atoms with Crippen molar-refractivity contribution >= 4 is 33.2 Å². The Labute approximate surface area is 201 Å². The number of carbonyl (C=O) groups excluding carboxylic acids is 1. The van der Waals surface area contributed by atoms with E-state index in [2.05, 4.69) is 46.6 Å². The first-order valence-electron chi connectivity index (χ1n) is 11.7. The van der Waals surface area contributed by atoms with Crippen LogP contribution >= 0.6 is 0 Å². The van der Waals surface area contributed by atoms with Crippen LogP contribution in [0.3, 0.4) is 0 Å². The van der Waals surface area contributed by atoms with E-state index in [9.17, 15) is 4.79 Å². The topological polar surface area (TPSA) is 54.7 Å². The van der Waals surface area contributed by atoms with E-state index in [-0.39, 0.29) is 5.91 Å². The Morgan fingerprint density at radius 1 is 1.09 bits per heavy atom. The van der Waals surface area contributed by atoms with E-state index in [4.69, 9.17) is 9.15 Å². The van der Waals surface area contributed by atoms with E-state index in [1.165, 1.54) is 10.8 Å². The van der Waals surface area contributed by atoms with Crippen LogP contribution in [-0.4, -0.2) is 44.6 Å². The Bertz CT molecular complexity index is 1330. The summed E-state index contributed by atoms with van der Waals surface area (Å²) in [5.74, 6) is 0.615. The lowest BCUT2D eigenvalue weighted by atomic mass is 9.97. The van der Waals surface area contributed by atoms with Gasteiger partial charge in [0.05, 0.1) is 12.9 Å². The van der Waals surface area contributed by atoms with Gasteiger partial charge in [0.15, 0.2) is 0 Å². The highest BCUT2D eigenvalue weighted by atomic mass is 16.5. The number of ether oxygens (including phenoxy) is 1. The molecular formula is C29H32N2O3.